The topological polar surface area (TPSA) is 65.2 Å². The predicted molar refractivity (Wildman–Crippen MR) is 60.6 cm³/mol. The van der Waals surface area contributed by atoms with Gasteiger partial charge in [0.15, 0.2) is 5.82 Å². The second-order valence-corrected chi connectivity index (χ2v) is 3.40. The van der Waals surface area contributed by atoms with Gasteiger partial charge in [-0.2, -0.15) is 9.97 Å². The van der Waals surface area contributed by atoms with Crippen molar-refractivity contribution < 1.29 is 4.74 Å². The van der Waals surface area contributed by atoms with Gasteiger partial charge in [0.2, 0.25) is 0 Å². The van der Waals surface area contributed by atoms with Crippen LogP contribution in [0.5, 0.6) is 6.01 Å². The molecule has 2 aromatic heterocycles. The van der Waals surface area contributed by atoms with Crippen molar-refractivity contribution in [3.05, 3.63) is 36.7 Å². The van der Waals surface area contributed by atoms with Gasteiger partial charge in [-0.15, -0.1) is 10.2 Å². The van der Waals surface area contributed by atoms with Gasteiger partial charge in [0.05, 0.1) is 7.11 Å². The van der Waals surface area contributed by atoms with Crippen LogP contribution in [-0.2, 0) is 0 Å². The van der Waals surface area contributed by atoms with Gasteiger partial charge < -0.3 is 4.74 Å². The van der Waals surface area contributed by atoms with Crippen molar-refractivity contribution in [3.63, 3.8) is 0 Å². The number of methoxy groups -OCH3 is 1. The number of aromatic nitrogens is 5. The van der Waals surface area contributed by atoms with Crippen LogP contribution in [0.2, 0.25) is 0 Å². The van der Waals surface area contributed by atoms with Crippen LogP contribution in [0.15, 0.2) is 36.7 Å². The van der Waals surface area contributed by atoms with Crippen LogP contribution >= 0.6 is 0 Å². The minimum absolute atomic E-state index is 0.282. The summed E-state index contributed by atoms with van der Waals surface area (Å²) >= 11 is 0. The summed E-state index contributed by atoms with van der Waals surface area (Å²) in [5.74, 6) is 1.18. The normalized spacial score (nSPS) is 10.6. The molecule has 0 aliphatic rings. The number of rotatable bonds is 2. The summed E-state index contributed by atoms with van der Waals surface area (Å²) in [6.45, 7) is 0. The lowest BCUT2D eigenvalue weighted by atomic mass is 10.2. The summed E-state index contributed by atoms with van der Waals surface area (Å²) in [5.41, 5.74) is 0.966. The summed E-state index contributed by atoms with van der Waals surface area (Å²) in [6.07, 6.45) is 1.60. The Morgan fingerprint density at radius 2 is 1.94 bits per heavy atom. The van der Waals surface area contributed by atoms with Crippen LogP contribution in [0.4, 0.5) is 0 Å². The minimum Gasteiger partial charge on any atom is -0.467 e. The number of nitrogens with zero attached hydrogens (tertiary/aromatic N) is 5. The zero-order valence-corrected chi connectivity index (χ0v) is 9.11. The van der Waals surface area contributed by atoms with Gasteiger partial charge in [-0.3, -0.25) is 0 Å². The SMILES string of the molecule is COc1ncn2c(-c3ccccc3)nnc2n1. The van der Waals surface area contributed by atoms with Crippen LogP contribution in [-0.4, -0.2) is 31.7 Å². The molecule has 0 aliphatic heterocycles. The van der Waals surface area contributed by atoms with Gasteiger partial charge in [0.1, 0.15) is 6.33 Å². The van der Waals surface area contributed by atoms with Crippen molar-refractivity contribution in [1.82, 2.24) is 24.6 Å². The van der Waals surface area contributed by atoms with E-state index in [1.165, 1.54) is 7.11 Å². The fourth-order valence-electron chi connectivity index (χ4n) is 1.57. The first-order valence-electron chi connectivity index (χ1n) is 5.05. The molecule has 0 fully saturated rings. The molecule has 0 bridgehead atoms. The molecule has 6 nitrogen and oxygen atoms in total. The van der Waals surface area contributed by atoms with Crippen LogP contribution < -0.4 is 4.74 Å². The largest absolute Gasteiger partial charge is 0.467 e. The summed E-state index contributed by atoms with van der Waals surface area (Å²) in [6, 6.07) is 10.0. The van der Waals surface area contributed by atoms with Crippen molar-refractivity contribution in [2.75, 3.05) is 7.11 Å². The third-order valence-corrected chi connectivity index (χ3v) is 2.37. The van der Waals surface area contributed by atoms with E-state index in [0.29, 0.717) is 11.6 Å². The third kappa shape index (κ3) is 1.59. The standard InChI is InChI=1S/C11H9N5O/c1-17-11-12-7-16-9(14-15-10(16)13-11)8-5-3-2-4-6-8/h2-7H,1H3. The van der Waals surface area contributed by atoms with E-state index in [0.717, 1.165) is 5.56 Å². The maximum atomic E-state index is 4.93. The zero-order valence-electron chi connectivity index (χ0n) is 9.11. The molecule has 0 amide bonds. The molecule has 3 aromatic rings. The summed E-state index contributed by atoms with van der Waals surface area (Å²) < 4.78 is 6.65. The zero-order chi connectivity index (χ0) is 11.7. The van der Waals surface area contributed by atoms with Crippen LogP contribution in [0, 0.1) is 0 Å². The Kier molecular flexibility index (Phi) is 2.18. The number of fused-ring (bicyclic) bond motifs is 1. The fraction of sp³-hybridized carbons (Fsp3) is 0.0909. The third-order valence-electron chi connectivity index (χ3n) is 2.37. The van der Waals surface area contributed by atoms with E-state index in [1.54, 1.807) is 10.7 Å². The van der Waals surface area contributed by atoms with Crippen molar-refractivity contribution >= 4 is 5.78 Å². The Morgan fingerprint density at radius 3 is 2.71 bits per heavy atom. The molecule has 0 saturated heterocycles. The molecule has 17 heavy (non-hydrogen) atoms. The second-order valence-electron chi connectivity index (χ2n) is 3.40. The molecular formula is C11H9N5O. The molecule has 84 valence electrons. The Morgan fingerprint density at radius 1 is 1.12 bits per heavy atom. The Labute approximate surface area is 96.9 Å². The molecule has 0 spiro atoms. The highest BCUT2D eigenvalue weighted by Crippen LogP contribution is 2.17. The van der Waals surface area contributed by atoms with E-state index in [-0.39, 0.29) is 6.01 Å². The monoisotopic (exact) mass is 227 g/mol. The number of benzene rings is 1. The minimum atomic E-state index is 0.282. The van der Waals surface area contributed by atoms with Crippen molar-refractivity contribution in [2.45, 2.75) is 0 Å². The van der Waals surface area contributed by atoms with E-state index in [1.807, 2.05) is 30.3 Å². The summed E-state index contributed by atoms with van der Waals surface area (Å²) in [7, 11) is 1.51. The number of ether oxygens (including phenoxy) is 1. The highest BCUT2D eigenvalue weighted by Gasteiger charge is 2.09. The Balaban J connectivity index is 2.19. The highest BCUT2D eigenvalue weighted by atomic mass is 16.5. The molecule has 0 saturated carbocycles. The quantitative estimate of drug-likeness (QED) is 0.658. The van der Waals surface area contributed by atoms with Gasteiger partial charge in [0, 0.05) is 5.56 Å². The second kappa shape index (κ2) is 3.82. The summed E-state index contributed by atoms with van der Waals surface area (Å²) in [5, 5.41) is 8.08. The molecule has 0 radical (unpaired) electrons. The van der Waals surface area contributed by atoms with Crippen molar-refractivity contribution in [1.29, 1.82) is 0 Å². The highest BCUT2D eigenvalue weighted by molar-refractivity contribution is 5.57. The van der Waals surface area contributed by atoms with E-state index >= 15 is 0 Å². The molecule has 6 heteroatoms. The van der Waals surface area contributed by atoms with Gasteiger partial charge in [-0.05, 0) is 0 Å². The molecule has 0 aliphatic carbocycles. The maximum absolute atomic E-state index is 4.93. The van der Waals surface area contributed by atoms with Crippen LogP contribution in [0.25, 0.3) is 17.2 Å². The lowest BCUT2D eigenvalue weighted by molar-refractivity contribution is 0.379. The molecule has 1 aromatic carbocycles. The van der Waals surface area contributed by atoms with Gasteiger partial charge in [0.25, 0.3) is 5.78 Å². The maximum Gasteiger partial charge on any atom is 0.320 e. The van der Waals surface area contributed by atoms with Crippen LogP contribution in [0.1, 0.15) is 0 Å². The predicted octanol–water partition coefficient (Wildman–Crippen LogP) is 1.19. The molecule has 2 heterocycles. The molecule has 0 N–H and O–H groups in total. The lowest BCUT2D eigenvalue weighted by Crippen LogP contribution is -1.97. The van der Waals surface area contributed by atoms with E-state index < -0.39 is 0 Å². The van der Waals surface area contributed by atoms with Crippen LogP contribution in [0.3, 0.4) is 0 Å². The Bertz CT molecular complexity index is 649. The van der Waals surface area contributed by atoms with Gasteiger partial charge >= 0.3 is 6.01 Å². The average Bonchev–Trinajstić information content (AvgIpc) is 2.82. The Hall–Kier alpha value is -2.50. The first-order chi connectivity index (χ1) is 8.38. The van der Waals surface area contributed by atoms with Crippen molar-refractivity contribution in [3.8, 4) is 17.4 Å². The van der Waals surface area contributed by atoms with Gasteiger partial charge in [-0.1, -0.05) is 30.3 Å². The van der Waals surface area contributed by atoms with E-state index in [9.17, 15) is 0 Å². The number of hydrogen-bond donors (Lipinski definition) is 0. The fourth-order valence-corrected chi connectivity index (χ4v) is 1.57. The van der Waals surface area contributed by atoms with E-state index in [4.69, 9.17) is 4.74 Å². The van der Waals surface area contributed by atoms with Crippen molar-refractivity contribution in [2.24, 2.45) is 0 Å². The molecule has 0 unspecified atom stereocenters. The summed E-state index contributed by atoms with van der Waals surface area (Å²) in [4.78, 5) is 8.13. The van der Waals surface area contributed by atoms with Gasteiger partial charge in [-0.25, -0.2) is 4.40 Å². The first-order valence-corrected chi connectivity index (χ1v) is 5.05. The average molecular weight is 227 g/mol. The smallest absolute Gasteiger partial charge is 0.320 e. The first kappa shape index (κ1) is 9.71. The molecule has 0 atom stereocenters. The lowest BCUT2D eigenvalue weighted by Gasteiger charge is -1.99. The molecular weight excluding hydrogens is 218 g/mol. The molecule has 3 rings (SSSR count). The number of hydrogen-bond acceptors (Lipinski definition) is 5. The van der Waals surface area contributed by atoms with E-state index in [2.05, 4.69) is 20.2 Å².